The number of aliphatic hydroxyl groups is 1. The van der Waals surface area contributed by atoms with Crippen LogP contribution in [0.15, 0.2) is 79.1 Å². The molecule has 6 heterocycles. The predicted molar refractivity (Wildman–Crippen MR) is 498 cm³/mol. The molecule has 9 rings (SSSR count). The van der Waals surface area contributed by atoms with Crippen LogP contribution >= 0.6 is 35.3 Å². The van der Waals surface area contributed by atoms with E-state index in [1.807, 2.05) is 18.2 Å². The number of carboxylic acids is 4. The summed E-state index contributed by atoms with van der Waals surface area (Å²) < 4.78 is 0. The largest absolute Gasteiger partial charge is 0.481 e. The summed E-state index contributed by atoms with van der Waals surface area (Å²) in [5, 5.41) is 78.8. The molecule has 4 aliphatic heterocycles. The molecule has 3 aromatic carbocycles. The van der Waals surface area contributed by atoms with E-state index in [4.69, 9.17) is 5.73 Å². The summed E-state index contributed by atoms with van der Waals surface area (Å²) in [7, 11) is 0. The summed E-state index contributed by atoms with van der Waals surface area (Å²) in [5.41, 5.74) is 10.3. The number of aliphatic hydroxyl groups excluding tert-OH is 1. The number of ketones is 2. The second-order valence-corrected chi connectivity index (χ2v) is 38.1. The highest BCUT2D eigenvalue weighted by molar-refractivity contribution is 7.99. The lowest BCUT2D eigenvalue weighted by Crippen LogP contribution is -2.61. The van der Waals surface area contributed by atoms with E-state index in [-0.39, 0.29) is 132 Å². The fourth-order valence-electron chi connectivity index (χ4n) is 16.4. The fraction of sp³-hybridized carbons (Fsp3) is 0.556. The van der Waals surface area contributed by atoms with Crippen molar-refractivity contribution in [3.05, 3.63) is 107 Å². The molecule has 134 heavy (non-hydrogen) atoms. The summed E-state index contributed by atoms with van der Waals surface area (Å²) in [5.74, 6) is -21.3. The van der Waals surface area contributed by atoms with Crippen molar-refractivity contribution in [1.82, 2.24) is 87.6 Å². The molecule has 2 saturated heterocycles. The van der Waals surface area contributed by atoms with E-state index in [0.717, 1.165) is 0 Å². The lowest BCUT2D eigenvalue weighted by atomic mass is 9.92. The Hall–Kier alpha value is -11.6. The van der Waals surface area contributed by atoms with Gasteiger partial charge in [0, 0.05) is 159 Å². The third-order valence-corrected chi connectivity index (χ3v) is 27.2. The number of carboxylic acid groups (broad SMARTS) is 4. The molecule has 0 spiro atoms. The van der Waals surface area contributed by atoms with Crippen LogP contribution < -0.4 is 58.9 Å². The molecular weight excluding hydrogens is 1800 g/mol. The van der Waals surface area contributed by atoms with Gasteiger partial charge in [-0.05, 0) is 84.9 Å². The number of benzene rings is 3. The number of para-hydroxylation sites is 2. The van der Waals surface area contributed by atoms with Gasteiger partial charge in [-0.15, -0.1) is 0 Å². The summed E-state index contributed by atoms with van der Waals surface area (Å²) >= 11 is 3.58. The summed E-state index contributed by atoms with van der Waals surface area (Å²) in [6.45, 7) is 9.02. The van der Waals surface area contributed by atoms with Crippen LogP contribution in [0.25, 0.3) is 21.8 Å². The highest BCUT2D eigenvalue weighted by Gasteiger charge is 2.43. The van der Waals surface area contributed by atoms with Gasteiger partial charge in [0.25, 0.3) is 0 Å². The average Bonchev–Trinajstić information content (AvgIpc) is 1.64. The fourth-order valence-corrected chi connectivity index (χ4v) is 19.5. The number of nitrogens with one attached hydrogen (secondary N) is 12. The number of aromatic amines is 2. The first-order valence-corrected chi connectivity index (χ1v) is 48.2. The van der Waals surface area contributed by atoms with Crippen molar-refractivity contribution in [1.29, 1.82) is 0 Å². The number of carbonyl (C=O) groups is 18. The normalized spacial score (nSPS) is 24.4. The first-order chi connectivity index (χ1) is 63.7. The molecule has 2 fully saturated rings. The van der Waals surface area contributed by atoms with Gasteiger partial charge >= 0.3 is 23.9 Å². The summed E-state index contributed by atoms with van der Waals surface area (Å²) in [6, 6.07) is 4.79. The maximum atomic E-state index is 15.5. The molecule has 5 aromatic rings. The highest BCUT2D eigenvalue weighted by Crippen LogP contribution is 2.30. The van der Waals surface area contributed by atoms with Crippen molar-refractivity contribution in [2.75, 3.05) is 109 Å². The van der Waals surface area contributed by atoms with Crippen LogP contribution in [0, 0.1) is 23.7 Å². The lowest BCUT2D eigenvalue weighted by molar-refractivity contribution is -0.143. The minimum Gasteiger partial charge on any atom is -0.481 e. The number of thioether (sulfide) groups is 3. The minimum atomic E-state index is -1.92. The highest BCUT2D eigenvalue weighted by atomic mass is 32.2. The van der Waals surface area contributed by atoms with E-state index in [2.05, 4.69) is 63.1 Å². The molecule has 0 saturated carbocycles. The number of nitrogens with two attached hydrogens (primary N) is 1. The number of nitrogens with zero attached hydrogens (tertiary/aromatic N) is 5. The molecule has 730 valence electrons. The van der Waals surface area contributed by atoms with Crippen molar-refractivity contribution >= 4 is 163 Å². The number of carbonyl (C=O) groups excluding carboxylic acids is 14. The van der Waals surface area contributed by atoms with Crippen LogP contribution in [-0.2, 0) is 116 Å². The quantitative estimate of drug-likeness (QED) is 0.0374. The number of fused-ring (bicyclic) bond motifs is 8. The Kier molecular flexibility index (Phi) is 40.6. The average molecular weight is 1920 g/mol. The number of H-pyrrole nitrogens is 2. The Labute approximate surface area is 787 Å². The van der Waals surface area contributed by atoms with Gasteiger partial charge in [-0.3, -0.25) is 106 Å². The lowest BCUT2D eigenvalue weighted by Gasteiger charge is -2.33. The second kappa shape index (κ2) is 51.2. The molecule has 4 aliphatic rings. The molecule has 0 aliphatic carbocycles. The molecule has 4 bridgehead atoms. The molecule has 0 radical (unpaired) electrons. The number of hydrogen-bond acceptors (Lipinski definition) is 26. The van der Waals surface area contributed by atoms with Crippen molar-refractivity contribution < 1.29 is 112 Å². The number of aromatic nitrogens is 2. The zero-order chi connectivity index (χ0) is 97.7. The van der Waals surface area contributed by atoms with E-state index < -0.39 is 235 Å². The van der Waals surface area contributed by atoms with Gasteiger partial charge < -0.3 is 99.3 Å². The van der Waals surface area contributed by atoms with E-state index >= 15 is 19.2 Å². The Morgan fingerprint density at radius 1 is 0.485 bits per heavy atom. The van der Waals surface area contributed by atoms with Crippen LogP contribution in [0.3, 0.4) is 0 Å². The molecular formula is C90H124N18O23S3. The van der Waals surface area contributed by atoms with Crippen molar-refractivity contribution in [2.45, 2.75) is 184 Å². The van der Waals surface area contributed by atoms with Gasteiger partial charge in [0.15, 0.2) is 11.6 Å². The SMILES string of the molecule is CC[C@@H]1CC(=O)[C@H]([C@@H](C)O)NC(=O)[C@@H](CC(=O)[C@H](C)NC(=O)CN2CCN(CC(=O)O)CCN(CC(=O)O)CCN(CC(=O)O)CC2)CSCc2cc3cc(c2)CSC[C@H](NC1=O)C(=O)N[C@@H](Cc1c[nH]c2ccccc12)C(=O)N[C@@H](C(C)C)C(=O)N[C@@H](CC(=O)O)C(=O)NCC(=O)N[C@@H](Cc1c[nH]c2ccccc12)C(=O)N[C@@H](C(C)C)C(=O)N1CCC[C@H]1C(=O)N[C@H](C(N)=O)CSC3. The smallest absolute Gasteiger partial charge is 0.317 e. The standard InChI is InChI=1S/C90H124N18O23S3/c1-8-56-33-71(111)80(52(7)109)103-83(124)59(34-70(110)51(6)95-73(113)39-104-20-22-105(40-75(116)117)24-26-107(42-77(120)121)27-25-106(23-21-104)41-76(118)119)46-132-43-53-28-54-30-55(29-53)45-134-48-68(100-82(56)123)87(128)97-65(32-58-37-93-63-17-12-10-15-61(58)63)86(127)101-78(49(2)3)89(130)98-66(35-74(114)115)84(125)94-38-72(112)96-64(31-57-36-92-62-16-11-9-14-60(57)62)85(126)102-79(50(4)5)90(131)108-19-13-18-69(108)88(129)99-67(81(91)122)47-133-44-54/h9-12,14-17,28-30,36-37,49-52,56,59,64-69,78-80,92-93,109H,8,13,18-27,31-35,38-48H2,1-7H3,(H2,91,122)(H,94,125)(H,95,113)(H,96,112)(H,97,128)(H,98,130)(H,99,129)(H,100,123)(H,101,127)(H,102,126)(H,103,124)(H,114,115)(H,116,117)(H,118,119)(H,120,121)/t51-,52+,56+,59-,64-,65-,66-,67-,68-,69-,78-,79-,80-/m0/s1. The molecule has 13 atom stereocenters. The second-order valence-electron chi connectivity index (χ2n) is 35.0. The molecule has 12 amide bonds. The van der Waals surface area contributed by atoms with Crippen LogP contribution in [0.1, 0.15) is 115 Å². The third kappa shape index (κ3) is 32.1. The number of hydrogen-bond donors (Lipinski definition) is 18. The zero-order valence-corrected chi connectivity index (χ0v) is 78.5. The molecule has 41 nitrogen and oxygen atoms in total. The molecule has 19 N–H and O–H groups in total. The number of amides is 12. The third-order valence-electron chi connectivity index (χ3n) is 23.8. The van der Waals surface area contributed by atoms with Crippen molar-refractivity contribution in [3.8, 4) is 0 Å². The molecule has 2 aromatic heterocycles. The van der Waals surface area contributed by atoms with Gasteiger partial charge in [-0.25, -0.2) is 0 Å². The molecule has 44 heteroatoms. The predicted octanol–water partition coefficient (Wildman–Crippen LogP) is -0.959. The van der Waals surface area contributed by atoms with Gasteiger partial charge in [-0.2, -0.15) is 35.3 Å². The van der Waals surface area contributed by atoms with Crippen LogP contribution in [0.4, 0.5) is 0 Å². The molecule has 0 unspecified atom stereocenters. The number of aliphatic carboxylic acids is 4. The van der Waals surface area contributed by atoms with E-state index in [9.17, 15) is 92.7 Å². The van der Waals surface area contributed by atoms with E-state index in [1.165, 1.54) is 54.0 Å². The topological polar surface area (TPSA) is 603 Å². The maximum absolute atomic E-state index is 15.5. The van der Waals surface area contributed by atoms with Crippen molar-refractivity contribution in [3.63, 3.8) is 0 Å². The maximum Gasteiger partial charge on any atom is 0.317 e. The van der Waals surface area contributed by atoms with Crippen LogP contribution in [0.5, 0.6) is 0 Å². The van der Waals surface area contributed by atoms with Gasteiger partial charge in [0.05, 0.1) is 57.2 Å². The summed E-state index contributed by atoms with van der Waals surface area (Å²) in [6.07, 6.45) is -0.637. The Morgan fingerprint density at radius 3 is 1.45 bits per heavy atom. The van der Waals surface area contributed by atoms with Gasteiger partial charge in [-0.1, -0.05) is 89.2 Å². The Morgan fingerprint density at radius 2 is 0.955 bits per heavy atom. The van der Waals surface area contributed by atoms with Gasteiger partial charge in [0.2, 0.25) is 70.9 Å². The number of primary amides is 1. The zero-order valence-electron chi connectivity index (χ0n) is 76.1. The number of Topliss-reactive ketones (excluding diaryl/α,β-unsaturated/α-hetero) is 2. The Balaban J connectivity index is 1.05. The number of rotatable bonds is 23. The van der Waals surface area contributed by atoms with Gasteiger partial charge in [0.1, 0.15) is 54.4 Å². The van der Waals surface area contributed by atoms with Crippen LogP contribution in [-0.4, -0.2) is 342 Å². The minimum absolute atomic E-state index is 0.0567. The van der Waals surface area contributed by atoms with E-state index in [0.29, 0.717) is 56.0 Å². The summed E-state index contributed by atoms with van der Waals surface area (Å²) in [4.78, 5) is 268. The van der Waals surface area contributed by atoms with Crippen molar-refractivity contribution in [2.24, 2.45) is 29.4 Å². The van der Waals surface area contributed by atoms with Crippen LogP contribution in [0.2, 0.25) is 0 Å². The first kappa shape index (κ1) is 106. The monoisotopic (exact) mass is 1920 g/mol. The first-order valence-electron chi connectivity index (χ1n) is 44.7. The Bertz CT molecular complexity index is 5040. The van der Waals surface area contributed by atoms with E-state index in [1.54, 1.807) is 115 Å².